The molecule has 1 unspecified atom stereocenters. The lowest BCUT2D eigenvalue weighted by molar-refractivity contribution is -0.136. The molecule has 1 fully saturated rings. The molecule has 1 N–H and O–H groups in total. The summed E-state index contributed by atoms with van der Waals surface area (Å²) in [4.78, 5) is 21.9. The van der Waals surface area contributed by atoms with Gasteiger partial charge in [-0.3, -0.25) is 4.79 Å². The van der Waals surface area contributed by atoms with Crippen molar-refractivity contribution in [2.75, 3.05) is 13.1 Å². The molecule has 1 atom stereocenters. The van der Waals surface area contributed by atoms with Crippen LogP contribution in [0.15, 0.2) is 55.1 Å². The van der Waals surface area contributed by atoms with Crippen LogP contribution in [0.1, 0.15) is 29.8 Å². The number of carbonyl (C=O) groups is 1. The number of hydrogen-bond acceptors (Lipinski definition) is 4. The van der Waals surface area contributed by atoms with Crippen molar-refractivity contribution in [1.29, 1.82) is 0 Å². The van der Waals surface area contributed by atoms with Crippen LogP contribution in [0.5, 0.6) is 0 Å². The highest BCUT2D eigenvalue weighted by Gasteiger charge is 2.34. The number of aromatic amines is 1. The first kappa shape index (κ1) is 14.6. The van der Waals surface area contributed by atoms with E-state index in [1.54, 1.807) is 23.3 Å². The maximum Gasteiger partial charge on any atom is 0.225 e. The largest absolute Gasteiger partial charge is 0.348 e. The first-order valence-electron chi connectivity index (χ1n) is 7.99. The van der Waals surface area contributed by atoms with Gasteiger partial charge in [0, 0.05) is 31.7 Å². The summed E-state index contributed by atoms with van der Waals surface area (Å²) in [5, 5.41) is 7.96. The summed E-state index contributed by atoms with van der Waals surface area (Å²) in [5.74, 6) is 1.39. The van der Waals surface area contributed by atoms with E-state index in [4.69, 9.17) is 0 Å². The van der Waals surface area contributed by atoms with Crippen molar-refractivity contribution in [3.8, 4) is 0 Å². The molecule has 0 aliphatic carbocycles. The normalized spacial score (nSPS) is 15.9. The number of benzene rings is 1. The second-order valence-electron chi connectivity index (χ2n) is 5.98. The average molecular weight is 322 g/mol. The third-order valence-electron chi connectivity index (χ3n) is 4.45. The Morgan fingerprint density at radius 2 is 2.08 bits per heavy atom. The molecule has 1 aliphatic heterocycles. The minimum Gasteiger partial charge on any atom is -0.348 e. The summed E-state index contributed by atoms with van der Waals surface area (Å²) >= 11 is 0. The maximum absolute atomic E-state index is 12.7. The molecule has 1 aliphatic rings. The molecule has 1 amide bonds. The van der Waals surface area contributed by atoms with Crippen molar-refractivity contribution < 1.29 is 4.79 Å². The number of H-pyrrole nitrogens is 1. The van der Waals surface area contributed by atoms with Crippen LogP contribution < -0.4 is 0 Å². The zero-order valence-electron chi connectivity index (χ0n) is 13.1. The van der Waals surface area contributed by atoms with Crippen LogP contribution in [0.2, 0.25) is 0 Å². The molecule has 0 bridgehead atoms. The number of rotatable bonds is 5. The third kappa shape index (κ3) is 2.80. The van der Waals surface area contributed by atoms with Crippen LogP contribution in [0.25, 0.3) is 0 Å². The van der Waals surface area contributed by atoms with Crippen LogP contribution in [0.4, 0.5) is 0 Å². The van der Waals surface area contributed by atoms with Gasteiger partial charge in [0.1, 0.15) is 5.82 Å². The predicted octanol–water partition coefficient (Wildman–Crippen LogP) is 1.61. The van der Waals surface area contributed by atoms with Crippen molar-refractivity contribution in [2.24, 2.45) is 0 Å². The minimum atomic E-state index is -0.135. The van der Waals surface area contributed by atoms with Crippen molar-refractivity contribution in [3.63, 3.8) is 0 Å². The summed E-state index contributed by atoms with van der Waals surface area (Å²) in [7, 11) is 0. The zero-order valence-corrected chi connectivity index (χ0v) is 13.1. The molecule has 1 saturated heterocycles. The number of hydrogen-bond donors (Lipinski definition) is 1. The molecule has 4 rings (SSSR count). The van der Waals surface area contributed by atoms with Gasteiger partial charge in [-0.2, -0.15) is 0 Å². The molecule has 7 nitrogen and oxygen atoms in total. The van der Waals surface area contributed by atoms with E-state index >= 15 is 0 Å². The van der Waals surface area contributed by atoms with Crippen LogP contribution in [-0.2, 0) is 4.79 Å². The van der Waals surface area contributed by atoms with Gasteiger partial charge < -0.3 is 9.88 Å². The van der Waals surface area contributed by atoms with Gasteiger partial charge in [0.15, 0.2) is 0 Å². The SMILES string of the molecule is O=C(CC(c1ccccc1)n1ccnn1)N1CC(c2ncc[nH]2)C1. The Labute approximate surface area is 139 Å². The quantitative estimate of drug-likeness (QED) is 0.774. The van der Waals surface area contributed by atoms with Crippen molar-refractivity contribution in [3.05, 3.63) is 66.5 Å². The Morgan fingerprint density at radius 3 is 2.75 bits per heavy atom. The van der Waals surface area contributed by atoms with Gasteiger partial charge in [-0.25, -0.2) is 9.67 Å². The number of nitrogens with one attached hydrogen (secondary N) is 1. The second-order valence-corrected chi connectivity index (χ2v) is 5.98. The third-order valence-corrected chi connectivity index (χ3v) is 4.45. The number of carbonyl (C=O) groups excluding carboxylic acids is 1. The van der Waals surface area contributed by atoms with E-state index in [0.29, 0.717) is 25.4 Å². The zero-order chi connectivity index (χ0) is 16.4. The first-order chi connectivity index (χ1) is 11.8. The summed E-state index contributed by atoms with van der Waals surface area (Å²) in [6.07, 6.45) is 7.37. The van der Waals surface area contributed by atoms with E-state index in [2.05, 4.69) is 20.3 Å². The van der Waals surface area contributed by atoms with Gasteiger partial charge in [0.05, 0.1) is 24.6 Å². The van der Waals surface area contributed by atoms with E-state index in [-0.39, 0.29) is 11.9 Å². The fourth-order valence-electron chi connectivity index (χ4n) is 3.07. The Hall–Kier alpha value is -2.96. The fraction of sp³-hybridized carbons (Fsp3) is 0.294. The lowest BCUT2D eigenvalue weighted by Crippen LogP contribution is -2.49. The van der Waals surface area contributed by atoms with E-state index < -0.39 is 0 Å². The molecule has 7 heteroatoms. The van der Waals surface area contributed by atoms with Gasteiger partial charge in [0.2, 0.25) is 5.91 Å². The first-order valence-corrected chi connectivity index (χ1v) is 7.99. The van der Waals surface area contributed by atoms with Crippen molar-refractivity contribution >= 4 is 5.91 Å². The smallest absolute Gasteiger partial charge is 0.225 e. The van der Waals surface area contributed by atoms with Gasteiger partial charge in [-0.15, -0.1) is 5.10 Å². The van der Waals surface area contributed by atoms with E-state index in [9.17, 15) is 4.79 Å². The highest BCUT2D eigenvalue weighted by Crippen LogP contribution is 2.28. The summed E-state index contributed by atoms with van der Waals surface area (Å²) in [6.45, 7) is 1.43. The Bertz CT molecular complexity index is 778. The van der Waals surface area contributed by atoms with E-state index in [1.165, 1.54) is 0 Å². The molecule has 0 saturated carbocycles. The van der Waals surface area contributed by atoms with Crippen LogP contribution in [0.3, 0.4) is 0 Å². The molecule has 3 aromatic rings. The molecule has 122 valence electrons. The Balaban J connectivity index is 1.45. The van der Waals surface area contributed by atoms with E-state index in [1.807, 2.05) is 41.4 Å². The molecular weight excluding hydrogens is 304 g/mol. The standard InChI is InChI=1S/C17H18N6O/c24-16(22-11-14(12-22)17-18-6-7-19-17)10-15(23-9-8-20-21-23)13-4-2-1-3-5-13/h1-9,14-15H,10-12H2,(H,18,19). The number of aromatic nitrogens is 5. The molecule has 0 spiro atoms. The number of amides is 1. The lowest BCUT2D eigenvalue weighted by Gasteiger charge is -2.38. The summed E-state index contributed by atoms with van der Waals surface area (Å²) < 4.78 is 1.75. The van der Waals surface area contributed by atoms with Crippen LogP contribution in [0, 0.1) is 0 Å². The van der Waals surface area contributed by atoms with Crippen LogP contribution in [-0.4, -0.2) is 48.9 Å². The molecule has 1 aromatic carbocycles. The van der Waals surface area contributed by atoms with Crippen molar-refractivity contribution in [1.82, 2.24) is 29.9 Å². The predicted molar refractivity (Wildman–Crippen MR) is 87.1 cm³/mol. The van der Waals surface area contributed by atoms with Gasteiger partial charge in [-0.1, -0.05) is 35.5 Å². The van der Waals surface area contributed by atoms with Gasteiger partial charge in [-0.05, 0) is 5.56 Å². The van der Waals surface area contributed by atoms with Crippen LogP contribution >= 0.6 is 0 Å². The monoisotopic (exact) mass is 322 g/mol. The topological polar surface area (TPSA) is 79.7 Å². The second kappa shape index (κ2) is 6.27. The number of likely N-dealkylation sites (tertiary alicyclic amines) is 1. The number of imidazole rings is 1. The van der Waals surface area contributed by atoms with E-state index in [0.717, 1.165) is 11.4 Å². The summed E-state index contributed by atoms with van der Waals surface area (Å²) in [6, 6.07) is 9.81. The van der Waals surface area contributed by atoms with Crippen molar-refractivity contribution in [2.45, 2.75) is 18.4 Å². The number of nitrogens with zero attached hydrogens (tertiary/aromatic N) is 5. The highest BCUT2D eigenvalue weighted by molar-refractivity contribution is 5.78. The molecule has 24 heavy (non-hydrogen) atoms. The minimum absolute atomic E-state index is 0.127. The maximum atomic E-state index is 12.7. The molecule has 2 aromatic heterocycles. The molecule has 0 radical (unpaired) electrons. The average Bonchev–Trinajstić information content (AvgIpc) is 3.26. The highest BCUT2D eigenvalue weighted by atomic mass is 16.2. The Morgan fingerprint density at radius 1 is 1.25 bits per heavy atom. The Kier molecular flexibility index (Phi) is 3.82. The summed E-state index contributed by atoms with van der Waals surface area (Å²) in [5.41, 5.74) is 1.06. The van der Waals surface area contributed by atoms with Gasteiger partial charge >= 0.3 is 0 Å². The van der Waals surface area contributed by atoms with Gasteiger partial charge in [0.25, 0.3) is 0 Å². The lowest BCUT2D eigenvalue weighted by atomic mass is 9.97. The molecule has 3 heterocycles. The molecular formula is C17H18N6O. The fourth-order valence-corrected chi connectivity index (χ4v) is 3.07.